The van der Waals surface area contributed by atoms with Gasteiger partial charge in [-0.05, 0) is 33.2 Å². The van der Waals surface area contributed by atoms with Crippen LogP contribution in [-0.4, -0.2) is 42.5 Å². The second-order valence-corrected chi connectivity index (χ2v) is 4.84. The molecular formula is C11H23N3O. The summed E-state index contributed by atoms with van der Waals surface area (Å²) in [6, 6.07) is 0.00213. The van der Waals surface area contributed by atoms with Crippen LogP contribution in [0.25, 0.3) is 0 Å². The average Bonchev–Trinajstić information content (AvgIpc) is 2.28. The van der Waals surface area contributed by atoms with Crippen molar-refractivity contribution in [2.45, 2.75) is 44.7 Å². The lowest BCUT2D eigenvalue weighted by Crippen LogP contribution is -2.59. The molecule has 0 aromatic heterocycles. The van der Waals surface area contributed by atoms with Gasteiger partial charge in [0, 0.05) is 19.1 Å². The van der Waals surface area contributed by atoms with Crippen molar-refractivity contribution in [1.29, 1.82) is 0 Å². The van der Waals surface area contributed by atoms with Crippen LogP contribution in [0.3, 0.4) is 0 Å². The third-order valence-electron chi connectivity index (χ3n) is 3.33. The van der Waals surface area contributed by atoms with Crippen LogP contribution in [0.2, 0.25) is 0 Å². The summed E-state index contributed by atoms with van der Waals surface area (Å²) < 4.78 is 0. The Labute approximate surface area is 92.2 Å². The highest BCUT2D eigenvalue weighted by molar-refractivity contribution is 5.81. The van der Waals surface area contributed by atoms with E-state index in [-0.39, 0.29) is 17.5 Å². The predicted octanol–water partition coefficient (Wildman–Crippen LogP) is 0.324. The zero-order chi connectivity index (χ0) is 11.5. The molecule has 1 amide bonds. The fourth-order valence-electron chi connectivity index (χ4n) is 2.21. The maximum atomic E-state index is 11.7. The minimum absolute atomic E-state index is 0.00213. The number of nitrogens with one attached hydrogen (secondary N) is 1. The molecule has 1 fully saturated rings. The zero-order valence-corrected chi connectivity index (χ0v) is 10.0. The number of hydrogen-bond acceptors (Lipinski definition) is 3. The number of carbonyl (C=O) groups excluding carboxylic acids is 1. The van der Waals surface area contributed by atoms with Gasteiger partial charge in [0.25, 0.3) is 0 Å². The highest BCUT2D eigenvalue weighted by Crippen LogP contribution is 2.25. The number of hydrogen-bond donors (Lipinski definition) is 2. The Hall–Kier alpha value is -0.610. The molecule has 1 heterocycles. The topological polar surface area (TPSA) is 58.4 Å². The molecule has 88 valence electrons. The quantitative estimate of drug-likeness (QED) is 0.710. The molecule has 0 bridgehead atoms. The van der Waals surface area contributed by atoms with E-state index in [1.54, 1.807) is 7.05 Å². The summed E-state index contributed by atoms with van der Waals surface area (Å²) in [5.41, 5.74) is 5.68. The Balaban J connectivity index is 2.78. The summed E-state index contributed by atoms with van der Waals surface area (Å²) >= 11 is 0. The van der Waals surface area contributed by atoms with E-state index in [0.29, 0.717) is 6.54 Å². The Morgan fingerprint density at radius 2 is 2.20 bits per heavy atom. The highest BCUT2D eigenvalue weighted by Gasteiger charge is 2.36. The van der Waals surface area contributed by atoms with E-state index in [2.05, 4.69) is 24.1 Å². The number of carbonyl (C=O) groups is 1. The van der Waals surface area contributed by atoms with Gasteiger partial charge in [-0.25, -0.2) is 0 Å². The van der Waals surface area contributed by atoms with Crippen LogP contribution in [-0.2, 0) is 4.79 Å². The molecule has 0 aromatic rings. The second kappa shape index (κ2) is 4.94. The van der Waals surface area contributed by atoms with Gasteiger partial charge in [-0.1, -0.05) is 6.42 Å². The van der Waals surface area contributed by atoms with Crippen LogP contribution in [0.1, 0.15) is 33.1 Å². The van der Waals surface area contributed by atoms with Gasteiger partial charge in [0.2, 0.25) is 5.91 Å². The van der Waals surface area contributed by atoms with E-state index in [1.165, 1.54) is 0 Å². The lowest BCUT2D eigenvalue weighted by atomic mass is 9.93. The summed E-state index contributed by atoms with van der Waals surface area (Å²) in [5, 5.41) is 2.74. The minimum Gasteiger partial charge on any atom is -0.358 e. The average molecular weight is 213 g/mol. The molecule has 1 rings (SSSR count). The molecule has 3 N–H and O–H groups in total. The Bertz CT molecular complexity index is 228. The molecule has 1 aliphatic heterocycles. The van der Waals surface area contributed by atoms with Gasteiger partial charge in [-0.2, -0.15) is 0 Å². The van der Waals surface area contributed by atoms with Crippen molar-refractivity contribution in [2.75, 3.05) is 20.1 Å². The molecule has 0 saturated carbocycles. The third-order valence-corrected chi connectivity index (χ3v) is 3.33. The molecule has 4 nitrogen and oxygen atoms in total. The molecule has 15 heavy (non-hydrogen) atoms. The van der Waals surface area contributed by atoms with E-state index >= 15 is 0 Å². The molecule has 4 heteroatoms. The standard InChI is InChI=1S/C11H23N3O/c1-11(2,8-12)14-7-5-4-6-9(14)10(15)13-3/h9H,4-8,12H2,1-3H3,(H,13,15). The molecule has 0 aliphatic carbocycles. The normalized spacial score (nSPS) is 23.9. The van der Waals surface area contributed by atoms with Crippen LogP contribution in [0, 0.1) is 0 Å². The van der Waals surface area contributed by atoms with E-state index in [9.17, 15) is 4.79 Å². The summed E-state index contributed by atoms with van der Waals surface area (Å²) in [6.45, 7) is 5.77. The maximum absolute atomic E-state index is 11.7. The van der Waals surface area contributed by atoms with E-state index in [4.69, 9.17) is 5.73 Å². The Morgan fingerprint density at radius 1 is 1.53 bits per heavy atom. The van der Waals surface area contributed by atoms with E-state index in [0.717, 1.165) is 25.8 Å². The van der Waals surface area contributed by atoms with Gasteiger partial charge in [-0.15, -0.1) is 0 Å². The van der Waals surface area contributed by atoms with Crippen molar-refractivity contribution in [3.8, 4) is 0 Å². The number of nitrogens with zero attached hydrogens (tertiary/aromatic N) is 1. The van der Waals surface area contributed by atoms with Crippen molar-refractivity contribution >= 4 is 5.91 Å². The smallest absolute Gasteiger partial charge is 0.237 e. The van der Waals surface area contributed by atoms with Gasteiger partial charge >= 0.3 is 0 Å². The zero-order valence-electron chi connectivity index (χ0n) is 10.0. The molecule has 1 unspecified atom stereocenters. The first-order valence-corrected chi connectivity index (χ1v) is 5.71. The summed E-state index contributed by atoms with van der Waals surface area (Å²) in [7, 11) is 1.70. The minimum atomic E-state index is -0.0857. The van der Waals surface area contributed by atoms with Crippen molar-refractivity contribution < 1.29 is 4.79 Å². The lowest BCUT2D eigenvalue weighted by molar-refractivity contribution is -0.129. The van der Waals surface area contributed by atoms with Crippen LogP contribution in [0.4, 0.5) is 0 Å². The van der Waals surface area contributed by atoms with Crippen LogP contribution < -0.4 is 11.1 Å². The van der Waals surface area contributed by atoms with Crippen LogP contribution >= 0.6 is 0 Å². The SMILES string of the molecule is CNC(=O)C1CCCCN1C(C)(C)CN. The third kappa shape index (κ3) is 2.69. The second-order valence-electron chi connectivity index (χ2n) is 4.84. The molecular weight excluding hydrogens is 190 g/mol. The predicted molar refractivity (Wildman–Crippen MR) is 61.5 cm³/mol. The molecule has 1 aliphatic rings. The highest BCUT2D eigenvalue weighted by atomic mass is 16.2. The van der Waals surface area contributed by atoms with E-state index < -0.39 is 0 Å². The maximum Gasteiger partial charge on any atom is 0.237 e. The molecule has 0 radical (unpaired) electrons. The van der Waals surface area contributed by atoms with Crippen molar-refractivity contribution in [3.05, 3.63) is 0 Å². The number of nitrogens with two attached hydrogens (primary N) is 1. The van der Waals surface area contributed by atoms with Gasteiger partial charge in [0.15, 0.2) is 0 Å². The first-order valence-electron chi connectivity index (χ1n) is 5.71. The monoisotopic (exact) mass is 213 g/mol. The molecule has 0 aromatic carbocycles. The summed E-state index contributed by atoms with van der Waals surface area (Å²) in [6.07, 6.45) is 3.25. The Kier molecular flexibility index (Phi) is 4.11. The van der Waals surface area contributed by atoms with Crippen molar-refractivity contribution in [1.82, 2.24) is 10.2 Å². The number of rotatable bonds is 3. The number of likely N-dealkylation sites (tertiary alicyclic amines) is 1. The van der Waals surface area contributed by atoms with E-state index in [1.807, 2.05) is 0 Å². The molecule has 1 saturated heterocycles. The summed E-state index contributed by atoms with van der Waals surface area (Å²) in [5.74, 6) is 0.122. The largest absolute Gasteiger partial charge is 0.358 e. The fourth-order valence-corrected chi connectivity index (χ4v) is 2.21. The van der Waals surface area contributed by atoms with Gasteiger partial charge < -0.3 is 11.1 Å². The first-order chi connectivity index (χ1) is 7.03. The van der Waals surface area contributed by atoms with Crippen LogP contribution in [0.5, 0.6) is 0 Å². The van der Waals surface area contributed by atoms with Crippen molar-refractivity contribution in [2.24, 2.45) is 5.73 Å². The van der Waals surface area contributed by atoms with Gasteiger partial charge in [-0.3, -0.25) is 9.69 Å². The number of amides is 1. The number of likely N-dealkylation sites (N-methyl/N-ethyl adjacent to an activating group) is 1. The lowest BCUT2D eigenvalue weighted by Gasteiger charge is -2.44. The number of piperidine rings is 1. The Morgan fingerprint density at radius 3 is 2.73 bits per heavy atom. The first kappa shape index (κ1) is 12.5. The summed E-state index contributed by atoms with van der Waals surface area (Å²) in [4.78, 5) is 14.0. The van der Waals surface area contributed by atoms with Gasteiger partial charge in [0.05, 0.1) is 6.04 Å². The molecule has 0 spiro atoms. The van der Waals surface area contributed by atoms with Crippen LogP contribution in [0.15, 0.2) is 0 Å². The van der Waals surface area contributed by atoms with Gasteiger partial charge in [0.1, 0.15) is 0 Å². The fraction of sp³-hybridized carbons (Fsp3) is 0.909. The molecule has 1 atom stereocenters. The van der Waals surface area contributed by atoms with Crippen molar-refractivity contribution in [3.63, 3.8) is 0 Å².